The van der Waals surface area contributed by atoms with Crippen molar-refractivity contribution in [2.24, 2.45) is 0 Å². The molecule has 0 aromatic rings. The van der Waals surface area contributed by atoms with E-state index in [1.54, 1.807) is 14.2 Å². The van der Waals surface area contributed by atoms with Gasteiger partial charge < -0.3 is 8.85 Å². The van der Waals surface area contributed by atoms with Crippen molar-refractivity contribution in [3.05, 3.63) is 0 Å². The number of hydrogen-bond acceptors (Lipinski definition) is 4. The van der Waals surface area contributed by atoms with E-state index in [0.717, 1.165) is 18.2 Å². The Labute approximate surface area is 98.2 Å². The fourth-order valence-corrected chi connectivity index (χ4v) is 2.54. The quantitative estimate of drug-likeness (QED) is 0.502. The topological polar surface area (TPSA) is 76.0 Å². The molecule has 0 atom stereocenters. The van der Waals surface area contributed by atoms with Gasteiger partial charge in [-0.15, -0.1) is 0 Å². The van der Waals surface area contributed by atoms with Crippen LogP contribution < -0.4 is 0 Å². The summed E-state index contributed by atoms with van der Waals surface area (Å²) in [6.07, 6.45) is 1.08. The summed E-state index contributed by atoms with van der Waals surface area (Å²) in [5.74, 6) is 0.912. The van der Waals surface area contributed by atoms with Crippen LogP contribution in [0, 0.1) is 0 Å². The molecule has 0 saturated heterocycles. The molecule has 0 amide bonds. The molecule has 0 saturated carbocycles. The molecule has 0 aliphatic rings. The van der Waals surface area contributed by atoms with E-state index < -0.39 is 27.2 Å². The third-order valence-corrected chi connectivity index (χ3v) is 4.96. The molecule has 0 spiro atoms. The van der Waals surface area contributed by atoms with Gasteiger partial charge >= 0.3 is 37.9 Å². The van der Waals surface area contributed by atoms with Gasteiger partial charge in [0.25, 0.3) is 0 Å². The zero-order chi connectivity index (χ0) is 11.6. The number of hydrogen-bond donors (Lipinski definition) is 3. The van der Waals surface area contributed by atoms with Crippen molar-refractivity contribution in [2.75, 3.05) is 20.0 Å². The van der Waals surface area contributed by atoms with Gasteiger partial charge in [-0.3, -0.25) is 0 Å². The van der Waals surface area contributed by atoms with Crippen LogP contribution >= 0.6 is 12.6 Å². The van der Waals surface area contributed by atoms with Crippen molar-refractivity contribution < 1.29 is 38.2 Å². The van der Waals surface area contributed by atoms with Crippen molar-refractivity contribution in [2.45, 2.75) is 19.0 Å². The van der Waals surface area contributed by atoms with Crippen LogP contribution in [0.5, 0.6) is 0 Å². The first kappa shape index (κ1) is 17.3. The summed E-state index contributed by atoms with van der Waals surface area (Å²) in [7, 11) is 1.67. The molecule has 0 rings (SSSR count). The molecule has 5 nitrogen and oxygen atoms in total. The van der Waals surface area contributed by atoms with E-state index in [0.29, 0.717) is 0 Å². The van der Waals surface area contributed by atoms with E-state index in [4.69, 9.17) is 19.6 Å². The van der Waals surface area contributed by atoms with Gasteiger partial charge in [0.1, 0.15) is 0 Å². The SMILES string of the molecule is CO[Si](C)(CCCS)OC.[O]=[Ti]([OH])[OH]. The standard InChI is InChI=1S/C6H16O2SSi.2H2O.O.Ti/c1-7-10(3,8-2)6-4-5-9;;;;/h9H,4-6H2,1-3H3;2*1H2;;/q;;;;+2/p-2. The summed E-state index contributed by atoms with van der Waals surface area (Å²) in [5, 5.41) is 0. The molecule has 2 N–H and O–H groups in total. The molecule has 0 fully saturated rings. The van der Waals surface area contributed by atoms with E-state index in [-0.39, 0.29) is 0 Å². The Balaban J connectivity index is 0. The van der Waals surface area contributed by atoms with E-state index in [1.807, 2.05) is 0 Å². The van der Waals surface area contributed by atoms with Gasteiger partial charge in [0, 0.05) is 14.2 Å². The summed E-state index contributed by atoms with van der Waals surface area (Å²) in [5.41, 5.74) is 0. The Kier molecular flexibility index (Phi) is 12.9. The second-order valence-electron chi connectivity index (χ2n) is 2.65. The third kappa shape index (κ3) is 12.9. The molecule has 0 aliphatic carbocycles. The molecule has 0 bridgehead atoms. The molecule has 0 radical (unpaired) electrons. The molecular weight excluding hydrogens is 260 g/mol. The van der Waals surface area contributed by atoms with Gasteiger partial charge in [0.05, 0.1) is 0 Å². The van der Waals surface area contributed by atoms with Crippen molar-refractivity contribution in [3.8, 4) is 0 Å². The fourth-order valence-electron chi connectivity index (χ4n) is 0.688. The molecule has 14 heavy (non-hydrogen) atoms. The van der Waals surface area contributed by atoms with Crippen LogP contribution in [0.25, 0.3) is 0 Å². The number of rotatable bonds is 5. The zero-order valence-electron chi connectivity index (χ0n) is 8.69. The zero-order valence-corrected chi connectivity index (χ0v) is 12.1. The fraction of sp³-hybridized carbons (Fsp3) is 1.00. The predicted octanol–water partition coefficient (Wildman–Crippen LogP) is 0.436. The van der Waals surface area contributed by atoms with Gasteiger partial charge in [-0.2, -0.15) is 12.6 Å². The van der Waals surface area contributed by atoms with Crippen molar-refractivity contribution in [1.29, 1.82) is 0 Å². The van der Waals surface area contributed by atoms with Crippen LogP contribution in [-0.2, 0) is 30.8 Å². The molecule has 0 aromatic heterocycles. The summed E-state index contributed by atoms with van der Waals surface area (Å²) in [6.45, 7) is 2.07. The Morgan fingerprint density at radius 1 is 1.36 bits per heavy atom. The molecule has 0 heterocycles. The van der Waals surface area contributed by atoms with E-state index in [9.17, 15) is 0 Å². The van der Waals surface area contributed by atoms with E-state index in [2.05, 4.69) is 19.2 Å². The van der Waals surface area contributed by atoms with Crippen LogP contribution in [-0.4, -0.2) is 35.9 Å². The molecule has 0 unspecified atom stereocenters. The average molecular weight is 278 g/mol. The maximum atomic E-state index is 8.81. The Morgan fingerprint density at radius 2 is 1.71 bits per heavy atom. The van der Waals surface area contributed by atoms with Crippen LogP contribution in [0.4, 0.5) is 0 Å². The molecule has 86 valence electrons. The van der Waals surface area contributed by atoms with Crippen LogP contribution in [0.15, 0.2) is 0 Å². The first-order valence-electron chi connectivity index (χ1n) is 4.05. The van der Waals surface area contributed by atoms with Gasteiger partial charge in [-0.05, 0) is 24.8 Å². The second-order valence-corrected chi connectivity index (χ2v) is 7.57. The van der Waals surface area contributed by atoms with Crippen molar-refractivity contribution in [3.63, 3.8) is 0 Å². The van der Waals surface area contributed by atoms with Gasteiger partial charge in [0.2, 0.25) is 0 Å². The predicted molar refractivity (Wildman–Crippen MR) is 54.0 cm³/mol. The Bertz CT molecular complexity index is 151. The maximum absolute atomic E-state index is 8.81. The summed E-state index contributed by atoms with van der Waals surface area (Å²) < 4.78 is 33.8. The molecular formula is C6H18O5SSiTi. The third-order valence-electron chi connectivity index (χ3n) is 1.65. The summed E-state index contributed by atoms with van der Waals surface area (Å²) >= 11 is 0.538. The Morgan fingerprint density at radius 3 is 1.93 bits per heavy atom. The van der Waals surface area contributed by atoms with E-state index in [1.165, 1.54) is 0 Å². The van der Waals surface area contributed by atoms with Crippen LogP contribution in [0.2, 0.25) is 12.6 Å². The first-order valence-corrected chi connectivity index (χ1v) is 9.24. The normalized spacial score (nSPS) is 10.4. The second kappa shape index (κ2) is 10.4. The van der Waals surface area contributed by atoms with Gasteiger partial charge in [-0.25, -0.2) is 0 Å². The monoisotopic (exact) mass is 278 g/mol. The Hall–Kier alpha value is 0.921. The summed E-state index contributed by atoms with van der Waals surface area (Å²) in [6, 6.07) is 1.03. The van der Waals surface area contributed by atoms with Gasteiger partial charge in [-0.1, -0.05) is 0 Å². The molecule has 0 aliphatic heterocycles. The minimum atomic E-state index is -3.58. The van der Waals surface area contributed by atoms with E-state index >= 15 is 0 Å². The van der Waals surface area contributed by atoms with Crippen molar-refractivity contribution >= 4 is 21.2 Å². The number of thiol groups is 1. The van der Waals surface area contributed by atoms with Gasteiger partial charge in [0.15, 0.2) is 0 Å². The summed E-state index contributed by atoms with van der Waals surface area (Å²) in [4.78, 5) is 0. The van der Waals surface area contributed by atoms with Crippen LogP contribution in [0.1, 0.15) is 6.42 Å². The minimum absolute atomic E-state index is 0.912. The van der Waals surface area contributed by atoms with Crippen molar-refractivity contribution in [1.82, 2.24) is 0 Å². The molecule has 8 heteroatoms. The molecule has 0 aromatic carbocycles. The first-order chi connectivity index (χ1) is 6.41. The van der Waals surface area contributed by atoms with Crippen LogP contribution in [0.3, 0.4) is 0 Å². The average Bonchev–Trinajstić information content (AvgIpc) is 2.13.